The van der Waals surface area contributed by atoms with Crippen LogP contribution in [-0.2, 0) is 11.3 Å². The molecule has 4 heteroatoms. The van der Waals surface area contributed by atoms with E-state index >= 15 is 0 Å². The molecule has 0 radical (unpaired) electrons. The monoisotopic (exact) mass is 167 g/mol. The quantitative estimate of drug-likeness (QED) is 0.671. The van der Waals surface area contributed by atoms with E-state index in [2.05, 4.69) is 10.1 Å². The van der Waals surface area contributed by atoms with E-state index in [0.717, 1.165) is 0 Å². The van der Waals surface area contributed by atoms with Crippen LogP contribution in [0.1, 0.15) is 20.8 Å². The van der Waals surface area contributed by atoms with Gasteiger partial charge in [-0.25, -0.2) is 4.98 Å². The van der Waals surface area contributed by atoms with E-state index in [1.54, 1.807) is 17.9 Å². The van der Waals surface area contributed by atoms with Gasteiger partial charge in [0.2, 0.25) is 0 Å². The van der Waals surface area contributed by atoms with Crippen LogP contribution >= 0.6 is 0 Å². The van der Waals surface area contributed by atoms with Crippen LogP contribution in [0.4, 0.5) is 0 Å². The highest BCUT2D eigenvalue weighted by molar-refractivity contribution is 5.81. The summed E-state index contributed by atoms with van der Waals surface area (Å²) in [6.07, 6.45) is 3.08. The van der Waals surface area contributed by atoms with Crippen LogP contribution in [-0.4, -0.2) is 20.5 Å². The molecule has 0 atom stereocenters. The highest BCUT2D eigenvalue weighted by Crippen LogP contribution is 2.17. The number of Topliss-reactive ketones (excluding diaryl/α,β-unsaturated/α-hetero) is 1. The molecule has 0 bridgehead atoms. The molecule has 0 saturated carbocycles. The molecule has 0 N–H and O–H groups in total. The smallest absolute Gasteiger partial charge is 0.137 e. The average molecular weight is 167 g/mol. The second-order valence-corrected chi connectivity index (χ2v) is 3.53. The summed E-state index contributed by atoms with van der Waals surface area (Å²) in [6, 6.07) is 0. The summed E-state index contributed by atoms with van der Waals surface area (Å²) in [5, 5.41) is 3.94. The number of carbonyl (C=O) groups excluding carboxylic acids is 1. The molecule has 0 aromatic carbocycles. The number of carbonyl (C=O) groups is 1. The zero-order valence-electron chi connectivity index (χ0n) is 7.61. The standard InChI is InChI=1S/C8H13N3O/c1-7(12)8(2,3)4-11-6-9-5-10-11/h5-6H,4H2,1-3H3. The van der Waals surface area contributed by atoms with Gasteiger partial charge in [-0.2, -0.15) is 5.10 Å². The van der Waals surface area contributed by atoms with Crippen LogP contribution in [0.2, 0.25) is 0 Å². The number of ketones is 1. The van der Waals surface area contributed by atoms with E-state index in [9.17, 15) is 4.79 Å². The van der Waals surface area contributed by atoms with Gasteiger partial charge in [-0.05, 0) is 6.92 Å². The largest absolute Gasteiger partial charge is 0.299 e. The molecule has 0 fully saturated rings. The highest BCUT2D eigenvalue weighted by Gasteiger charge is 2.24. The lowest BCUT2D eigenvalue weighted by Gasteiger charge is -2.20. The summed E-state index contributed by atoms with van der Waals surface area (Å²) in [4.78, 5) is 14.9. The minimum atomic E-state index is -0.353. The molecule has 1 rings (SSSR count). The lowest BCUT2D eigenvalue weighted by Crippen LogP contribution is -2.27. The minimum absolute atomic E-state index is 0.165. The normalized spacial score (nSPS) is 11.6. The van der Waals surface area contributed by atoms with E-state index in [1.165, 1.54) is 6.33 Å². The van der Waals surface area contributed by atoms with Gasteiger partial charge in [-0.15, -0.1) is 0 Å². The third-order valence-corrected chi connectivity index (χ3v) is 1.98. The van der Waals surface area contributed by atoms with Crippen LogP contribution in [0.25, 0.3) is 0 Å². The molecule has 0 amide bonds. The first kappa shape index (κ1) is 8.90. The molecule has 0 aliphatic heterocycles. The van der Waals surface area contributed by atoms with Gasteiger partial charge in [0, 0.05) is 5.41 Å². The predicted octanol–water partition coefficient (Wildman–Crippen LogP) is 0.893. The summed E-state index contributed by atoms with van der Waals surface area (Å²) in [7, 11) is 0. The molecule has 12 heavy (non-hydrogen) atoms. The van der Waals surface area contributed by atoms with Crippen molar-refractivity contribution in [2.45, 2.75) is 27.3 Å². The van der Waals surface area contributed by atoms with Gasteiger partial charge >= 0.3 is 0 Å². The number of rotatable bonds is 3. The van der Waals surface area contributed by atoms with Gasteiger partial charge in [0.15, 0.2) is 0 Å². The molecular weight excluding hydrogens is 154 g/mol. The predicted molar refractivity (Wildman–Crippen MR) is 44.5 cm³/mol. The average Bonchev–Trinajstić information content (AvgIpc) is 2.38. The zero-order chi connectivity index (χ0) is 9.19. The van der Waals surface area contributed by atoms with Crippen LogP contribution in [0, 0.1) is 5.41 Å². The van der Waals surface area contributed by atoms with Crippen LogP contribution in [0.5, 0.6) is 0 Å². The fraction of sp³-hybridized carbons (Fsp3) is 0.625. The maximum absolute atomic E-state index is 11.1. The Labute approximate surface area is 71.6 Å². The van der Waals surface area contributed by atoms with Crippen LogP contribution in [0.3, 0.4) is 0 Å². The van der Waals surface area contributed by atoms with E-state index < -0.39 is 0 Å². The number of aromatic nitrogens is 3. The Balaban J connectivity index is 2.69. The van der Waals surface area contributed by atoms with Crippen molar-refractivity contribution in [2.24, 2.45) is 5.41 Å². The molecule has 1 aromatic rings. The van der Waals surface area contributed by atoms with Crippen molar-refractivity contribution >= 4 is 5.78 Å². The molecule has 0 aliphatic carbocycles. The Kier molecular flexibility index (Phi) is 2.26. The maximum Gasteiger partial charge on any atom is 0.137 e. The fourth-order valence-corrected chi connectivity index (χ4v) is 0.831. The molecule has 66 valence electrons. The summed E-state index contributed by atoms with van der Waals surface area (Å²) < 4.78 is 1.67. The van der Waals surface area contributed by atoms with Crippen molar-refractivity contribution in [3.05, 3.63) is 12.7 Å². The highest BCUT2D eigenvalue weighted by atomic mass is 16.1. The Morgan fingerprint density at radius 1 is 1.58 bits per heavy atom. The summed E-state index contributed by atoms with van der Waals surface area (Å²) in [5.74, 6) is 0.165. The van der Waals surface area contributed by atoms with E-state index in [0.29, 0.717) is 6.54 Å². The Morgan fingerprint density at radius 3 is 2.67 bits per heavy atom. The van der Waals surface area contributed by atoms with E-state index in [1.807, 2.05) is 13.8 Å². The number of nitrogens with zero attached hydrogens (tertiary/aromatic N) is 3. The lowest BCUT2D eigenvalue weighted by atomic mass is 9.89. The molecule has 0 aliphatic rings. The van der Waals surface area contributed by atoms with Gasteiger partial charge in [0.25, 0.3) is 0 Å². The molecule has 4 nitrogen and oxygen atoms in total. The SMILES string of the molecule is CC(=O)C(C)(C)Cn1cncn1. The van der Waals surface area contributed by atoms with Crippen LogP contribution in [0.15, 0.2) is 12.7 Å². The molecular formula is C8H13N3O. The van der Waals surface area contributed by atoms with Crippen molar-refractivity contribution < 1.29 is 4.79 Å². The zero-order valence-corrected chi connectivity index (χ0v) is 7.61. The van der Waals surface area contributed by atoms with Crippen LogP contribution < -0.4 is 0 Å². The lowest BCUT2D eigenvalue weighted by molar-refractivity contribution is -0.125. The Morgan fingerprint density at radius 2 is 2.25 bits per heavy atom. The fourth-order valence-electron chi connectivity index (χ4n) is 0.831. The molecule has 1 heterocycles. The van der Waals surface area contributed by atoms with Gasteiger partial charge in [0.05, 0.1) is 6.54 Å². The minimum Gasteiger partial charge on any atom is -0.299 e. The first-order valence-corrected chi connectivity index (χ1v) is 3.86. The third-order valence-electron chi connectivity index (χ3n) is 1.98. The first-order valence-electron chi connectivity index (χ1n) is 3.86. The molecule has 0 unspecified atom stereocenters. The molecule has 1 aromatic heterocycles. The van der Waals surface area contributed by atoms with Crippen molar-refractivity contribution in [3.8, 4) is 0 Å². The Hall–Kier alpha value is -1.19. The van der Waals surface area contributed by atoms with E-state index in [4.69, 9.17) is 0 Å². The summed E-state index contributed by atoms with van der Waals surface area (Å²) in [5.41, 5.74) is -0.353. The van der Waals surface area contributed by atoms with Gasteiger partial charge in [-0.3, -0.25) is 9.48 Å². The first-order chi connectivity index (χ1) is 5.52. The maximum atomic E-state index is 11.1. The molecule has 0 spiro atoms. The van der Waals surface area contributed by atoms with Crippen molar-refractivity contribution in [1.29, 1.82) is 0 Å². The summed E-state index contributed by atoms with van der Waals surface area (Å²) >= 11 is 0. The van der Waals surface area contributed by atoms with Crippen molar-refractivity contribution in [3.63, 3.8) is 0 Å². The van der Waals surface area contributed by atoms with Gasteiger partial charge in [0.1, 0.15) is 18.4 Å². The number of hydrogen-bond acceptors (Lipinski definition) is 3. The second kappa shape index (κ2) is 3.05. The molecule has 0 saturated heterocycles. The third kappa shape index (κ3) is 1.90. The van der Waals surface area contributed by atoms with Crippen molar-refractivity contribution in [1.82, 2.24) is 14.8 Å². The topological polar surface area (TPSA) is 47.8 Å². The number of hydrogen-bond donors (Lipinski definition) is 0. The van der Waals surface area contributed by atoms with Crippen molar-refractivity contribution in [2.75, 3.05) is 0 Å². The van der Waals surface area contributed by atoms with E-state index in [-0.39, 0.29) is 11.2 Å². The summed E-state index contributed by atoms with van der Waals surface area (Å²) in [6.45, 7) is 5.98. The van der Waals surface area contributed by atoms with Gasteiger partial charge in [-0.1, -0.05) is 13.8 Å². The Bertz CT molecular complexity index is 264. The second-order valence-electron chi connectivity index (χ2n) is 3.53. The van der Waals surface area contributed by atoms with Gasteiger partial charge < -0.3 is 0 Å².